The molecule has 1 N–H and O–H groups in total. The number of carbonyl (C=O) groups excluding carboxylic acids is 1. The molecule has 1 atom stereocenters. The van der Waals surface area contributed by atoms with Gasteiger partial charge in [0, 0.05) is 19.2 Å². The normalized spacial score (nSPS) is 11.3. The molecule has 0 aliphatic carbocycles. The Kier molecular flexibility index (Phi) is 10.3. The second-order valence-electron chi connectivity index (χ2n) is 6.35. The van der Waals surface area contributed by atoms with Gasteiger partial charge < -0.3 is 24.3 Å². The van der Waals surface area contributed by atoms with Crippen molar-refractivity contribution in [3.8, 4) is 29.6 Å². The van der Waals surface area contributed by atoms with E-state index in [-0.39, 0.29) is 19.1 Å². The van der Waals surface area contributed by atoms with Crippen molar-refractivity contribution in [3.05, 3.63) is 52.0 Å². The summed E-state index contributed by atoms with van der Waals surface area (Å²) < 4.78 is 21.9. The summed E-state index contributed by atoms with van der Waals surface area (Å²) in [5.74, 6) is 3.82. The predicted octanol–water partition coefficient (Wildman–Crippen LogP) is 4.16. The lowest BCUT2D eigenvalue weighted by Gasteiger charge is -2.18. The number of hydrogen-bond acceptors (Lipinski definition) is 5. The van der Waals surface area contributed by atoms with Gasteiger partial charge in [0.15, 0.2) is 17.6 Å². The van der Waals surface area contributed by atoms with Crippen LogP contribution in [0, 0.1) is 12.3 Å². The highest BCUT2D eigenvalue weighted by atomic mass is 35.5. The maximum Gasteiger partial charge on any atom is 0.252 e. The molecule has 0 aliphatic rings. The first-order valence-electron chi connectivity index (χ1n) is 9.68. The lowest BCUT2D eigenvalue weighted by Crippen LogP contribution is -2.41. The number of benzene rings is 2. The molecule has 31 heavy (non-hydrogen) atoms. The van der Waals surface area contributed by atoms with E-state index in [1.807, 2.05) is 19.1 Å². The first kappa shape index (κ1) is 24.7. The van der Waals surface area contributed by atoms with Gasteiger partial charge in [0.25, 0.3) is 5.91 Å². The van der Waals surface area contributed by atoms with Gasteiger partial charge in [-0.15, -0.1) is 6.42 Å². The number of methoxy groups -OCH3 is 1. The zero-order chi connectivity index (χ0) is 22.6. The van der Waals surface area contributed by atoms with Crippen molar-refractivity contribution in [1.29, 1.82) is 0 Å². The monoisotopic (exact) mass is 465 g/mol. The molecular formula is C23H25Cl2NO5. The number of ether oxygens (including phenoxy) is 4. The van der Waals surface area contributed by atoms with Crippen molar-refractivity contribution in [2.45, 2.75) is 19.4 Å². The third-order valence-electron chi connectivity index (χ3n) is 4.20. The first-order valence-corrected chi connectivity index (χ1v) is 10.4. The van der Waals surface area contributed by atoms with Crippen molar-refractivity contribution in [3.63, 3.8) is 0 Å². The third-order valence-corrected chi connectivity index (χ3v) is 4.94. The fourth-order valence-electron chi connectivity index (χ4n) is 2.69. The largest absolute Gasteiger partial charge is 0.493 e. The Morgan fingerprint density at radius 2 is 1.94 bits per heavy atom. The maximum absolute atomic E-state index is 12.5. The number of terminal acetylenes is 1. The van der Waals surface area contributed by atoms with Crippen LogP contribution >= 0.6 is 23.2 Å². The summed E-state index contributed by atoms with van der Waals surface area (Å²) in [5, 5.41) is 3.68. The standard InChI is InChI=1S/C23H25Cl2NO5/c1-4-12-30-20-9-6-16(13-21(20)28-3)10-11-26-23(27)22(29-5-2)15-31-17-7-8-18(24)19(25)14-17/h1,6-9,13-14,22H,5,10-12,15H2,2-3H3,(H,26,27). The molecule has 0 fully saturated rings. The van der Waals surface area contributed by atoms with E-state index in [2.05, 4.69) is 11.2 Å². The van der Waals surface area contributed by atoms with Gasteiger partial charge in [-0.05, 0) is 43.2 Å². The number of carbonyl (C=O) groups is 1. The molecule has 1 amide bonds. The minimum atomic E-state index is -0.756. The second kappa shape index (κ2) is 13.0. The molecule has 0 aliphatic heterocycles. The molecule has 0 heterocycles. The van der Waals surface area contributed by atoms with E-state index in [1.165, 1.54) is 0 Å². The van der Waals surface area contributed by atoms with Gasteiger partial charge in [0.2, 0.25) is 0 Å². The molecule has 2 aromatic rings. The van der Waals surface area contributed by atoms with Crippen molar-refractivity contribution in [2.75, 3.05) is 33.5 Å². The summed E-state index contributed by atoms with van der Waals surface area (Å²) in [6.07, 6.45) is 5.06. The van der Waals surface area contributed by atoms with Crippen LogP contribution in [0.1, 0.15) is 12.5 Å². The van der Waals surface area contributed by atoms with Crippen LogP contribution in [-0.2, 0) is 16.0 Å². The topological polar surface area (TPSA) is 66.0 Å². The van der Waals surface area contributed by atoms with E-state index in [0.717, 1.165) is 5.56 Å². The van der Waals surface area contributed by atoms with Gasteiger partial charge in [0.05, 0.1) is 17.2 Å². The van der Waals surface area contributed by atoms with E-state index in [9.17, 15) is 4.79 Å². The number of halogens is 2. The lowest BCUT2D eigenvalue weighted by atomic mass is 10.1. The maximum atomic E-state index is 12.5. The minimum absolute atomic E-state index is 0.0483. The Bertz CT molecular complexity index is 913. The SMILES string of the molecule is C#CCOc1ccc(CCNC(=O)C(COc2ccc(Cl)c(Cl)c2)OCC)cc1OC. The molecule has 0 aromatic heterocycles. The van der Waals surface area contributed by atoms with Gasteiger partial charge in [-0.1, -0.05) is 35.2 Å². The zero-order valence-corrected chi connectivity index (χ0v) is 19.0. The smallest absolute Gasteiger partial charge is 0.252 e. The van der Waals surface area contributed by atoms with Gasteiger partial charge in [-0.2, -0.15) is 0 Å². The lowest BCUT2D eigenvalue weighted by molar-refractivity contribution is -0.134. The highest BCUT2D eigenvalue weighted by Gasteiger charge is 2.19. The Morgan fingerprint density at radius 1 is 1.13 bits per heavy atom. The van der Waals surface area contributed by atoms with Crippen LogP contribution in [0.25, 0.3) is 0 Å². The van der Waals surface area contributed by atoms with Crippen LogP contribution < -0.4 is 19.5 Å². The molecule has 0 bridgehead atoms. The van der Waals surface area contributed by atoms with Gasteiger partial charge in [-0.3, -0.25) is 4.79 Å². The summed E-state index contributed by atoms with van der Waals surface area (Å²) in [5.41, 5.74) is 0.977. The summed E-state index contributed by atoms with van der Waals surface area (Å²) in [7, 11) is 1.56. The zero-order valence-electron chi connectivity index (χ0n) is 17.5. The second-order valence-corrected chi connectivity index (χ2v) is 7.16. The molecule has 0 saturated carbocycles. The summed E-state index contributed by atoms with van der Waals surface area (Å²) >= 11 is 11.9. The summed E-state index contributed by atoms with van der Waals surface area (Å²) in [4.78, 5) is 12.5. The highest BCUT2D eigenvalue weighted by Crippen LogP contribution is 2.28. The molecule has 8 heteroatoms. The average Bonchev–Trinajstić information content (AvgIpc) is 2.77. The number of amides is 1. The Balaban J connectivity index is 1.88. The molecule has 1 unspecified atom stereocenters. The van der Waals surface area contributed by atoms with E-state index in [4.69, 9.17) is 48.6 Å². The molecule has 0 spiro atoms. The van der Waals surface area contributed by atoms with Crippen LogP contribution in [0.2, 0.25) is 10.0 Å². The minimum Gasteiger partial charge on any atom is -0.493 e. The summed E-state index contributed by atoms with van der Waals surface area (Å²) in [6, 6.07) is 10.4. The molecule has 0 radical (unpaired) electrons. The molecule has 0 saturated heterocycles. The van der Waals surface area contributed by atoms with Crippen molar-refractivity contribution in [2.24, 2.45) is 0 Å². The van der Waals surface area contributed by atoms with Crippen molar-refractivity contribution in [1.82, 2.24) is 5.32 Å². The van der Waals surface area contributed by atoms with Crippen LogP contribution in [0.3, 0.4) is 0 Å². The number of rotatable bonds is 12. The molecular weight excluding hydrogens is 441 g/mol. The van der Waals surface area contributed by atoms with Gasteiger partial charge in [0.1, 0.15) is 19.0 Å². The van der Waals surface area contributed by atoms with Crippen molar-refractivity contribution < 1.29 is 23.7 Å². The highest BCUT2D eigenvalue weighted by molar-refractivity contribution is 6.42. The van der Waals surface area contributed by atoms with E-state index in [1.54, 1.807) is 31.4 Å². The van der Waals surface area contributed by atoms with Gasteiger partial charge in [-0.25, -0.2) is 0 Å². The van der Waals surface area contributed by atoms with Crippen LogP contribution in [0.5, 0.6) is 17.2 Å². The van der Waals surface area contributed by atoms with Crippen molar-refractivity contribution >= 4 is 29.1 Å². The molecule has 2 rings (SSSR count). The first-order chi connectivity index (χ1) is 15.0. The summed E-state index contributed by atoms with van der Waals surface area (Å²) in [6.45, 7) is 2.82. The Morgan fingerprint density at radius 3 is 2.61 bits per heavy atom. The third kappa shape index (κ3) is 7.87. The van der Waals surface area contributed by atoms with Gasteiger partial charge >= 0.3 is 0 Å². The molecule has 6 nitrogen and oxygen atoms in total. The predicted molar refractivity (Wildman–Crippen MR) is 121 cm³/mol. The average molecular weight is 466 g/mol. The molecule has 166 valence electrons. The Hall–Kier alpha value is -2.59. The number of nitrogens with one attached hydrogen (secondary N) is 1. The van der Waals surface area contributed by atoms with Crippen LogP contribution in [-0.4, -0.2) is 45.5 Å². The van der Waals surface area contributed by atoms with Crippen LogP contribution in [0.4, 0.5) is 0 Å². The van der Waals surface area contributed by atoms with E-state index in [0.29, 0.717) is 46.9 Å². The van der Waals surface area contributed by atoms with E-state index >= 15 is 0 Å². The molecule has 2 aromatic carbocycles. The fraction of sp³-hybridized carbons (Fsp3) is 0.348. The Labute approximate surface area is 192 Å². The van der Waals surface area contributed by atoms with Crippen LogP contribution in [0.15, 0.2) is 36.4 Å². The fourth-order valence-corrected chi connectivity index (χ4v) is 2.98. The van der Waals surface area contributed by atoms with E-state index < -0.39 is 6.10 Å². The number of hydrogen-bond donors (Lipinski definition) is 1. The quantitative estimate of drug-likeness (QED) is 0.476.